The molecular weight excluding hydrogens is 298 g/mol. The van der Waals surface area contributed by atoms with Gasteiger partial charge in [-0.1, -0.05) is 20.8 Å². The fourth-order valence-corrected chi connectivity index (χ4v) is 1.61. The van der Waals surface area contributed by atoms with E-state index < -0.39 is 29.4 Å². The molecule has 1 rings (SSSR count). The average molecular weight is 319 g/mol. The highest BCUT2D eigenvalue weighted by molar-refractivity contribution is 6.42. The van der Waals surface area contributed by atoms with E-state index in [0.717, 1.165) is 0 Å². The molecule has 2 amide bonds. The van der Waals surface area contributed by atoms with Gasteiger partial charge in [-0.25, -0.2) is 0 Å². The Labute approximate surface area is 135 Å². The zero-order valence-electron chi connectivity index (χ0n) is 13.8. The minimum absolute atomic E-state index is 0.219. The molecule has 1 N–H and O–H groups in total. The zero-order valence-corrected chi connectivity index (χ0v) is 13.8. The molecule has 124 valence electrons. The highest BCUT2D eigenvalue weighted by Gasteiger charge is 2.27. The molecule has 0 radical (unpaired) electrons. The van der Waals surface area contributed by atoms with E-state index in [4.69, 9.17) is 4.74 Å². The molecule has 0 unspecified atom stereocenters. The molecule has 0 heterocycles. The van der Waals surface area contributed by atoms with Gasteiger partial charge in [0.1, 0.15) is 11.5 Å². The quantitative estimate of drug-likeness (QED) is 0.639. The Balaban J connectivity index is 2.64. The minimum atomic E-state index is -1.08. The summed E-state index contributed by atoms with van der Waals surface area (Å²) in [4.78, 5) is 47.0. The molecule has 0 aliphatic rings. The lowest BCUT2D eigenvalue weighted by Gasteiger charge is -2.15. The van der Waals surface area contributed by atoms with Crippen molar-refractivity contribution in [2.45, 2.75) is 34.1 Å². The summed E-state index contributed by atoms with van der Waals surface area (Å²) >= 11 is 0. The van der Waals surface area contributed by atoms with Gasteiger partial charge in [0.05, 0.1) is 13.0 Å². The Hall–Kier alpha value is -2.50. The number of Topliss-reactive ketones (excluding diaryl/α,β-unsaturated/α-hetero) is 2. The fourth-order valence-electron chi connectivity index (χ4n) is 1.61. The van der Waals surface area contributed by atoms with Gasteiger partial charge in [0, 0.05) is 11.0 Å². The van der Waals surface area contributed by atoms with Crippen LogP contribution >= 0.6 is 0 Å². The van der Waals surface area contributed by atoms with Crippen LogP contribution in [0.1, 0.15) is 44.5 Å². The second-order valence-corrected chi connectivity index (χ2v) is 6.01. The lowest BCUT2D eigenvalue weighted by atomic mass is 9.88. The number of nitrogens with one attached hydrogen (secondary N) is 1. The van der Waals surface area contributed by atoms with Gasteiger partial charge in [0.15, 0.2) is 0 Å². The molecule has 0 atom stereocenters. The number of benzene rings is 1. The highest BCUT2D eigenvalue weighted by Crippen LogP contribution is 2.16. The Morgan fingerprint density at radius 1 is 1.04 bits per heavy atom. The average Bonchev–Trinajstić information content (AvgIpc) is 2.47. The Bertz CT molecular complexity index is 611. The summed E-state index contributed by atoms with van der Waals surface area (Å²) in [6.07, 6.45) is -0.522. The normalized spacial score (nSPS) is 10.8. The van der Waals surface area contributed by atoms with Crippen molar-refractivity contribution in [3.63, 3.8) is 0 Å². The number of carbonyl (C=O) groups is 4. The summed E-state index contributed by atoms with van der Waals surface area (Å²) in [5.74, 6) is -2.46. The predicted octanol–water partition coefficient (Wildman–Crippen LogP) is 1.92. The molecule has 0 saturated heterocycles. The Morgan fingerprint density at radius 2 is 1.61 bits per heavy atom. The molecule has 0 aliphatic heterocycles. The van der Waals surface area contributed by atoms with Crippen molar-refractivity contribution in [1.82, 2.24) is 5.32 Å². The van der Waals surface area contributed by atoms with Crippen molar-refractivity contribution >= 4 is 23.4 Å². The molecule has 0 saturated carbocycles. The number of hydrogen-bond donors (Lipinski definition) is 1. The van der Waals surface area contributed by atoms with Gasteiger partial charge in [0.25, 0.3) is 11.8 Å². The molecular formula is C17H21NO5. The van der Waals surface area contributed by atoms with Crippen LogP contribution in [-0.2, 0) is 14.4 Å². The van der Waals surface area contributed by atoms with Gasteiger partial charge in [-0.05, 0) is 31.2 Å². The topological polar surface area (TPSA) is 89.5 Å². The van der Waals surface area contributed by atoms with Gasteiger partial charge in [-0.3, -0.25) is 24.5 Å². The van der Waals surface area contributed by atoms with E-state index in [2.05, 4.69) is 0 Å². The lowest BCUT2D eigenvalue weighted by Crippen LogP contribution is -2.38. The van der Waals surface area contributed by atoms with Crippen molar-refractivity contribution in [3.05, 3.63) is 29.8 Å². The summed E-state index contributed by atoms with van der Waals surface area (Å²) in [5, 5.41) is 1.98. The highest BCUT2D eigenvalue weighted by atomic mass is 16.5. The van der Waals surface area contributed by atoms with E-state index in [0.29, 0.717) is 12.4 Å². The van der Waals surface area contributed by atoms with Gasteiger partial charge < -0.3 is 4.74 Å². The van der Waals surface area contributed by atoms with Crippen molar-refractivity contribution in [2.24, 2.45) is 5.41 Å². The van der Waals surface area contributed by atoms with Gasteiger partial charge in [-0.2, -0.15) is 0 Å². The third-order valence-electron chi connectivity index (χ3n) is 3.07. The molecule has 0 spiro atoms. The molecule has 0 aromatic heterocycles. The summed E-state index contributed by atoms with van der Waals surface area (Å²) in [7, 11) is 0. The monoisotopic (exact) mass is 319 g/mol. The third-order valence-corrected chi connectivity index (χ3v) is 3.07. The van der Waals surface area contributed by atoms with Crippen LogP contribution in [0.5, 0.6) is 5.75 Å². The number of ketones is 2. The Kier molecular flexibility index (Phi) is 6.18. The first kappa shape index (κ1) is 18.5. The molecule has 23 heavy (non-hydrogen) atoms. The van der Waals surface area contributed by atoms with Gasteiger partial charge in [-0.15, -0.1) is 0 Å². The van der Waals surface area contributed by atoms with Crippen molar-refractivity contribution in [3.8, 4) is 5.75 Å². The number of rotatable bonds is 6. The standard InChI is InChI=1S/C17H21NO5/c1-5-23-12-8-6-11(7-9-12)15(21)18-16(22)13(19)10-14(20)17(2,3)4/h6-9H,5,10H2,1-4H3,(H,18,21,22). The lowest BCUT2D eigenvalue weighted by molar-refractivity contribution is -0.141. The zero-order chi connectivity index (χ0) is 17.6. The smallest absolute Gasteiger partial charge is 0.294 e. The molecule has 6 heteroatoms. The molecule has 1 aromatic rings. The van der Waals surface area contributed by atoms with Crippen LogP contribution in [0.25, 0.3) is 0 Å². The van der Waals surface area contributed by atoms with Crippen LogP contribution < -0.4 is 10.1 Å². The van der Waals surface area contributed by atoms with Crippen LogP contribution in [0, 0.1) is 5.41 Å². The molecule has 0 aliphatic carbocycles. The van der Waals surface area contributed by atoms with E-state index in [1.807, 2.05) is 12.2 Å². The first-order valence-electron chi connectivity index (χ1n) is 7.29. The maximum Gasteiger partial charge on any atom is 0.294 e. The molecule has 0 bridgehead atoms. The Morgan fingerprint density at radius 3 is 2.09 bits per heavy atom. The number of hydrogen-bond acceptors (Lipinski definition) is 5. The van der Waals surface area contributed by atoms with Crippen LogP contribution in [0.2, 0.25) is 0 Å². The number of ether oxygens (including phenoxy) is 1. The van der Waals surface area contributed by atoms with Crippen LogP contribution in [0.3, 0.4) is 0 Å². The minimum Gasteiger partial charge on any atom is -0.494 e. The molecule has 1 aromatic carbocycles. The largest absolute Gasteiger partial charge is 0.494 e. The van der Waals surface area contributed by atoms with Crippen molar-refractivity contribution in [1.29, 1.82) is 0 Å². The van der Waals surface area contributed by atoms with Crippen molar-refractivity contribution in [2.75, 3.05) is 6.61 Å². The second-order valence-electron chi connectivity index (χ2n) is 6.01. The number of amides is 2. The SMILES string of the molecule is CCOc1ccc(C(=O)NC(=O)C(=O)CC(=O)C(C)(C)C)cc1. The summed E-state index contributed by atoms with van der Waals surface area (Å²) in [6.45, 7) is 7.31. The van der Waals surface area contributed by atoms with Crippen LogP contribution in [0.4, 0.5) is 0 Å². The molecule has 6 nitrogen and oxygen atoms in total. The summed E-state index contributed by atoms with van der Waals surface area (Å²) < 4.78 is 5.25. The fraction of sp³-hybridized carbons (Fsp3) is 0.412. The van der Waals surface area contributed by atoms with Crippen molar-refractivity contribution < 1.29 is 23.9 Å². The van der Waals surface area contributed by atoms with E-state index in [1.165, 1.54) is 12.1 Å². The maximum absolute atomic E-state index is 11.9. The van der Waals surface area contributed by atoms with Crippen LogP contribution in [-0.4, -0.2) is 30.0 Å². The maximum atomic E-state index is 11.9. The number of imide groups is 1. The summed E-state index contributed by atoms with van der Waals surface area (Å²) in [5.41, 5.74) is -0.494. The van der Waals surface area contributed by atoms with Gasteiger partial charge >= 0.3 is 0 Å². The number of carbonyl (C=O) groups excluding carboxylic acids is 4. The van der Waals surface area contributed by atoms with E-state index in [9.17, 15) is 19.2 Å². The second kappa shape index (κ2) is 7.67. The first-order chi connectivity index (χ1) is 10.6. The van der Waals surface area contributed by atoms with E-state index in [1.54, 1.807) is 32.9 Å². The predicted molar refractivity (Wildman–Crippen MR) is 84.2 cm³/mol. The third kappa shape index (κ3) is 5.65. The van der Waals surface area contributed by atoms with Crippen LogP contribution in [0.15, 0.2) is 24.3 Å². The molecule has 0 fully saturated rings. The summed E-state index contributed by atoms with van der Waals surface area (Å²) in [6, 6.07) is 6.15. The van der Waals surface area contributed by atoms with E-state index >= 15 is 0 Å². The van der Waals surface area contributed by atoms with Gasteiger partial charge in [0.2, 0.25) is 5.78 Å². The van der Waals surface area contributed by atoms with E-state index in [-0.39, 0.29) is 11.3 Å². The first-order valence-corrected chi connectivity index (χ1v) is 7.29.